The van der Waals surface area contributed by atoms with Gasteiger partial charge in [-0.1, -0.05) is 151 Å². The topological polar surface area (TPSA) is 9.72 Å². The van der Waals surface area contributed by atoms with Crippen LogP contribution in [0.3, 0.4) is 0 Å². The molecule has 0 fully saturated rings. The number of anilines is 9. The molecule has 2 heterocycles. The van der Waals surface area contributed by atoms with E-state index in [0.29, 0.717) is 0 Å². The van der Waals surface area contributed by atoms with Crippen LogP contribution in [0.2, 0.25) is 0 Å². The van der Waals surface area contributed by atoms with Crippen LogP contribution in [0.1, 0.15) is 52.7 Å². The van der Waals surface area contributed by atoms with Gasteiger partial charge in [-0.2, -0.15) is 0 Å². The lowest BCUT2D eigenvalue weighted by molar-refractivity contribution is 0.793. The van der Waals surface area contributed by atoms with Crippen LogP contribution in [0.5, 0.6) is 0 Å². The zero-order valence-electron chi connectivity index (χ0n) is 47.5. The molecule has 1 unspecified atom stereocenters. The lowest BCUT2D eigenvalue weighted by Crippen LogP contribution is -2.61. The first kappa shape index (κ1) is 30.0. The van der Waals surface area contributed by atoms with Crippen molar-refractivity contribution < 1.29 is 13.7 Å². The van der Waals surface area contributed by atoms with Crippen molar-refractivity contribution in [2.45, 2.75) is 26.2 Å². The number of nitrogens with zero attached hydrogens (tertiary/aromatic N) is 3. The summed E-state index contributed by atoms with van der Waals surface area (Å²) >= 11 is 0. The van der Waals surface area contributed by atoms with Gasteiger partial charge in [0, 0.05) is 51.2 Å². The van der Waals surface area contributed by atoms with Crippen molar-refractivity contribution in [1.29, 1.82) is 0 Å². The Bertz CT molecular complexity index is 4170. The SMILES string of the molecule is [2H]c1c([2H])c([2H])c(N(c2ccc3c(c2)C2(c4ccccc4-3)c3ccccc3-c3cc4c(cc32)N(c2ccccc2)c2cc(C)cc3c2B4c2cc(C)ccc2N3c2ccc(C)cc2)c2c([2H])c([2H])c([2H])c([2H])c2[2H])c([2H])c1[2H]. The summed E-state index contributed by atoms with van der Waals surface area (Å²) in [6.45, 7) is 6.26. The van der Waals surface area contributed by atoms with Crippen LogP contribution in [-0.4, -0.2) is 6.71 Å². The van der Waals surface area contributed by atoms with E-state index in [0.717, 1.165) is 95.2 Å². The molecule has 2 aliphatic heterocycles. The molecule has 1 spiro atoms. The summed E-state index contributed by atoms with van der Waals surface area (Å²) < 4.78 is 89.5. The molecule has 10 aromatic rings. The number of aryl methyl sites for hydroxylation is 3. The van der Waals surface area contributed by atoms with E-state index in [9.17, 15) is 5.48 Å². The summed E-state index contributed by atoms with van der Waals surface area (Å²) in [5.41, 5.74) is 19.8. The van der Waals surface area contributed by atoms with E-state index in [1.807, 2.05) is 24.3 Å². The third-order valence-electron chi connectivity index (χ3n) is 14.5. The van der Waals surface area contributed by atoms with E-state index < -0.39 is 65.8 Å². The Hall–Kier alpha value is -8.34. The predicted octanol–water partition coefficient (Wildman–Crippen LogP) is 14.5. The minimum Gasteiger partial charge on any atom is -0.311 e. The fourth-order valence-electron chi connectivity index (χ4n) is 11.9. The largest absolute Gasteiger partial charge is 0.311 e. The minimum absolute atomic E-state index is 0.173. The lowest BCUT2D eigenvalue weighted by atomic mass is 9.33. The van der Waals surface area contributed by atoms with Gasteiger partial charge in [-0.3, -0.25) is 0 Å². The van der Waals surface area contributed by atoms with Gasteiger partial charge in [-0.25, -0.2) is 0 Å². The molecule has 320 valence electrons. The first-order valence-electron chi connectivity index (χ1n) is 28.1. The summed E-state index contributed by atoms with van der Waals surface area (Å²) in [6.07, 6.45) is 0. The van der Waals surface area contributed by atoms with Crippen molar-refractivity contribution in [2.24, 2.45) is 0 Å². The summed E-state index contributed by atoms with van der Waals surface area (Å²) in [5, 5.41) is 0. The highest BCUT2D eigenvalue weighted by atomic mass is 15.2. The maximum atomic E-state index is 9.31. The quantitative estimate of drug-likeness (QED) is 0.160. The van der Waals surface area contributed by atoms with Crippen LogP contribution < -0.4 is 31.1 Å². The van der Waals surface area contributed by atoms with Gasteiger partial charge in [-0.15, -0.1) is 0 Å². The highest BCUT2D eigenvalue weighted by Gasteiger charge is 2.54. The Morgan fingerprint density at radius 3 is 1.62 bits per heavy atom. The highest BCUT2D eigenvalue weighted by Crippen LogP contribution is 2.64. The average molecular weight is 878 g/mol. The summed E-state index contributed by atoms with van der Waals surface area (Å²) in [6, 6.07) is 51.9. The second-order valence-corrected chi connectivity index (χ2v) is 18.4. The van der Waals surface area contributed by atoms with Crippen LogP contribution in [-0.2, 0) is 5.41 Å². The van der Waals surface area contributed by atoms with Gasteiger partial charge in [0.05, 0.1) is 19.1 Å². The van der Waals surface area contributed by atoms with Crippen LogP contribution in [0.25, 0.3) is 22.3 Å². The van der Waals surface area contributed by atoms with Crippen LogP contribution in [0.4, 0.5) is 51.2 Å². The van der Waals surface area contributed by atoms with Gasteiger partial charge < -0.3 is 14.7 Å². The number of rotatable bonds is 5. The maximum absolute atomic E-state index is 9.31. The van der Waals surface area contributed by atoms with E-state index in [1.165, 1.54) is 21.4 Å². The first-order chi connectivity index (χ1) is 37.6. The molecule has 0 aromatic heterocycles. The third kappa shape index (κ3) is 5.37. The number of hydrogen-bond acceptors (Lipinski definition) is 3. The second-order valence-electron chi connectivity index (χ2n) is 18.4. The monoisotopic (exact) mass is 877 g/mol. The van der Waals surface area contributed by atoms with Crippen LogP contribution >= 0.6 is 0 Å². The van der Waals surface area contributed by atoms with E-state index in [1.54, 1.807) is 6.07 Å². The van der Waals surface area contributed by atoms with E-state index >= 15 is 0 Å². The first-order valence-corrected chi connectivity index (χ1v) is 23.1. The van der Waals surface area contributed by atoms with Gasteiger partial charge in [0.15, 0.2) is 0 Å². The lowest BCUT2D eigenvalue weighted by Gasteiger charge is -2.45. The molecule has 1 atom stereocenters. The molecule has 0 saturated carbocycles. The van der Waals surface area contributed by atoms with Crippen molar-refractivity contribution in [3.05, 3.63) is 263 Å². The van der Waals surface area contributed by atoms with Crippen molar-refractivity contribution >= 4 is 74.3 Å². The zero-order valence-corrected chi connectivity index (χ0v) is 37.5. The van der Waals surface area contributed by atoms with Gasteiger partial charge in [0.25, 0.3) is 6.71 Å². The highest BCUT2D eigenvalue weighted by molar-refractivity contribution is 7.00. The molecular weight excluding hydrogens is 822 g/mol. The maximum Gasteiger partial charge on any atom is 0.252 e. The fraction of sp³-hybridized carbons (Fsp3) is 0.0625. The van der Waals surface area contributed by atoms with E-state index in [4.69, 9.17) is 8.22 Å². The van der Waals surface area contributed by atoms with Gasteiger partial charge >= 0.3 is 0 Å². The van der Waals surface area contributed by atoms with Crippen molar-refractivity contribution in [3.8, 4) is 22.3 Å². The molecule has 0 N–H and O–H groups in total. The molecule has 0 amide bonds. The molecule has 10 aromatic carbocycles. The summed E-state index contributed by atoms with van der Waals surface area (Å²) in [5.74, 6) is 0. The molecule has 14 rings (SSSR count). The molecule has 4 heteroatoms. The summed E-state index contributed by atoms with van der Waals surface area (Å²) in [7, 11) is 0. The van der Waals surface area contributed by atoms with Crippen molar-refractivity contribution in [3.63, 3.8) is 0 Å². The smallest absolute Gasteiger partial charge is 0.252 e. The van der Waals surface area contributed by atoms with E-state index in [2.05, 4.69) is 164 Å². The van der Waals surface area contributed by atoms with Gasteiger partial charge in [0.2, 0.25) is 0 Å². The standard InChI is InChI=1S/C64H46BN3/c1-41-27-30-47(31-28-41)67-59-34-29-42(2)35-57(59)65-58-39-52-50-24-14-16-26-54(50)64(56(52)40-60(58)68(46-21-11-6-12-22-46)62-37-43(3)36-61(67)63(62)65)53-25-15-13-23-49(53)51-33-32-48(38-55(51)64)66(44-17-7-4-8-18-44)45-19-9-5-10-20-45/h4-40H,1-3H3/i4D,5D,7D,8D,9D,10D,17D,18D,19D,20D. The Kier molecular flexibility index (Phi) is 6.44. The minimum atomic E-state index is -1.02. The molecule has 68 heavy (non-hydrogen) atoms. The molecular formula is C64H46BN3. The fourth-order valence-corrected chi connectivity index (χ4v) is 11.9. The van der Waals surface area contributed by atoms with Crippen molar-refractivity contribution in [2.75, 3.05) is 14.7 Å². The Balaban J connectivity index is 1.09. The molecule has 0 saturated heterocycles. The van der Waals surface area contributed by atoms with Gasteiger partial charge in [-0.05, 0) is 172 Å². The number of hydrogen-bond donors (Lipinski definition) is 0. The normalized spacial score (nSPS) is 17.3. The third-order valence-corrected chi connectivity index (χ3v) is 14.5. The van der Waals surface area contributed by atoms with Crippen LogP contribution in [0, 0.1) is 20.8 Å². The Morgan fingerprint density at radius 1 is 0.397 bits per heavy atom. The average Bonchev–Trinajstić information content (AvgIpc) is 4.11. The van der Waals surface area contributed by atoms with Crippen molar-refractivity contribution in [1.82, 2.24) is 0 Å². The zero-order chi connectivity index (χ0) is 54.0. The Morgan fingerprint density at radius 2 is 0.941 bits per heavy atom. The number of benzene rings is 10. The number of para-hydroxylation sites is 3. The van der Waals surface area contributed by atoms with E-state index in [-0.39, 0.29) is 23.8 Å². The summed E-state index contributed by atoms with van der Waals surface area (Å²) in [4.78, 5) is 6.10. The van der Waals surface area contributed by atoms with Crippen LogP contribution in [0.15, 0.2) is 224 Å². The molecule has 2 aliphatic carbocycles. The second kappa shape index (κ2) is 14.6. The van der Waals surface area contributed by atoms with Gasteiger partial charge in [0.1, 0.15) is 0 Å². The number of fused-ring (bicyclic) bond motifs is 14. The molecule has 0 radical (unpaired) electrons. The Labute approximate surface area is 413 Å². The molecule has 0 bridgehead atoms. The predicted molar refractivity (Wildman–Crippen MR) is 286 cm³/mol. The molecule has 4 aliphatic rings. The molecule has 3 nitrogen and oxygen atoms in total.